The molecule has 0 radical (unpaired) electrons. The molecule has 2 aromatic rings. The van der Waals surface area contributed by atoms with Crippen molar-refractivity contribution in [2.75, 3.05) is 0 Å². The van der Waals surface area contributed by atoms with Crippen molar-refractivity contribution in [2.24, 2.45) is 0 Å². The lowest BCUT2D eigenvalue weighted by atomic mass is 9.98. The highest BCUT2D eigenvalue weighted by Crippen LogP contribution is 2.32. The number of halogens is 2. The monoisotopic (exact) mass is 290 g/mol. The van der Waals surface area contributed by atoms with E-state index in [1.54, 1.807) is 6.07 Å². The van der Waals surface area contributed by atoms with Gasteiger partial charge in [0.15, 0.2) is 11.6 Å². The molecule has 2 aromatic carbocycles. The van der Waals surface area contributed by atoms with E-state index >= 15 is 0 Å². The molecule has 0 aliphatic carbocycles. The topological polar surface area (TPSA) is 29.5 Å². The summed E-state index contributed by atoms with van der Waals surface area (Å²) in [6, 6.07) is 9.46. The predicted molar refractivity (Wildman–Crippen MR) is 75.3 cm³/mol. The van der Waals surface area contributed by atoms with E-state index in [4.69, 9.17) is 4.74 Å². The van der Waals surface area contributed by atoms with E-state index in [0.29, 0.717) is 5.56 Å². The van der Waals surface area contributed by atoms with Gasteiger partial charge in [0, 0.05) is 12.8 Å². The Labute approximate surface area is 122 Å². The Kier molecular flexibility index (Phi) is 3.64. The first-order chi connectivity index (χ1) is 10.0. The number of aliphatic hydroxyl groups is 1. The number of hydrogen-bond acceptors (Lipinski definition) is 2. The Hall–Kier alpha value is -1.94. The molecule has 2 unspecified atom stereocenters. The van der Waals surface area contributed by atoms with Gasteiger partial charge < -0.3 is 9.84 Å². The normalized spacial score (nSPS) is 18.2. The average molecular weight is 290 g/mol. The SMILES string of the molecule is CC1Cc2cc(C(O)Cc3cccc(F)c3F)ccc2O1. The Morgan fingerprint density at radius 2 is 2.10 bits per heavy atom. The second-order valence-corrected chi connectivity index (χ2v) is 5.43. The summed E-state index contributed by atoms with van der Waals surface area (Å²) >= 11 is 0. The number of benzene rings is 2. The van der Waals surface area contributed by atoms with Crippen molar-refractivity contribution in [2.45, 2.75) is 32.0 Å². The third-order valence-corrected chi connectivity index (χ3v) is 3.75. The van der Waals surface area contributed by atoms with Crippen LogP contribution in [0.5, 0.6) is 5.75 Å². The summed E-state index contributed by atoms with van der Waals surface area (Å²) < 4.78 is 32.4. The molecular formula is C17H16F2O2. The summed E-state index contributed by atoms with van der Waals surface area (Å²) in [5, 5.41) is 10.3. The predicted octanol–water partition coefficient (Wildman–Crippen LogP) is 3.56. The fourth-order valence-corrected chi connectivity index (χ4v) is 2.68. The Balaban J connectivity index is 1.81. The van der Waals surface area contributed by atoms with Gasteiger partial charge in [-0.25, -0.2) is 8.78 Å². The van der Waals surface area contributed by atoms with Crippen molar-refractivity contribution in [3.05, 3.63) is 64.7 Å². The smallest absolute Gasteiger partial charge is 0.162 e. The zero-order chi connectivity index (χ0) is 15.0. The second-order valence-electron chi connectivity index (χ2n) is 5.43. The van der Waals surface area contributed by atoms with Crippen molar-refractivity contribution in [1.82, 2.24) is 0 Å². The highest BCUT2D eigenvalue weighted by Gasteiger charge is 2.21. The molecule has 1 N–H and O–H groups in total. The molecule has 3 rings (SSSR count). The molecule has 1 aliphatic rings. The average Bonchev–Trinajstić information content (AvgIpc) is 2.82. The number of hydrogen-bond donors (Lipinski definition) is 1. The minimum Gasteiger partial charge on any atom is -0.490 e. The minimum absolute atomic E-state index is 0.0405. The van der Waals surface area contributed by atoms with Crippen molar-refractivity contribution in [1.29, 1.82) is 0 Å². The molecule has 0 aromatic heterocycles. The number of rotatable bonds is 3. The zero-order valence-electron chi connectivity index (χ0n) is 11.6. The fraction of sp³-hybridized carbons (Fsp3) is 0.294. The molecule has 110 valence electrons. The van der Waals surface area contributed by atoms with Crippen molar-refractivity contribution in [3.8, 4) is 5.75 Å². The van der Waals surface area contributed by atoms with Crippen molar-refractivity contribution in [3.63, 3.8) is 0 Å². The van der Waals surface area contributed by atoms with Crippen molar-refractivity contribution >= 4 is 0 Å². The third-order valence-electron chi connectivity index (χ3n) is 3.75. The van der Waals surface area contributed by atoms with Gasteiger partial charge in [-0.3, -0.25) is 0 Å². The maximum absolute atomic E-state index is 13.6. The minimum atomic E-state index is -0.894. The lowest BCUT2D eigenvalue weighted by molar-refractivity contribution is 0.176. The first kappa shape index (κ1) is 14.0. The van der Waals surface area contributed by atoms with E-state index in [2.05, 4.69) is 0 Å². The third kappa shape index (κ3) is 2.76. The number of fused-ring (bicyclic) bond motifs is 1. The van der Waals surface area contributed by atoms with Crippen LogP contribution in [-0.4, -0.2) is 11.2 Å². The van der Waals surface area contributed by atoms with Gasteiger partial charge in [-0.15, -0.1) is 0 Å². The molecule has 0 saturated carbocycles. The summed E-state index contributed by atoms with van der Waals surface area (Å²) in [6.07, 6.45) is 0.0961. The van der Waals surface area contributed by atoms with Gasteiger partial charge in [0.25, 0.3) is 0 Å². The van der Waals surface area contributed by atoms with Crippen molar-refractivity contribution < 1.29 is 18.6 Å². The van der Waals surface area contributed by atoms with Crippen LogP contribution in [0, 0.1) is 11.6 Å². The first-order valence-corrected chi connectivity index (χ1v) is 6.95. The summed E-state index contributed by atoms with van der Waals surface area (Å²) in [5.74, 6) is -0.957. The van der Waals surface area contributed by atoms with Gasteiger partial charge in [0.05, 0.1) is 6.10 Å². The van der Waals surface area contributed by atoms with E-state index in [1.807, 2.05) is 19.1 Å². The Bertz CT molecular complexity index is 670. The van der Waals surface area contributed by atoms with Crippen LogP contribution in [0.3, 0.4) is 0 Å². The summed E-state index contributed by atoms with van der Waals surface area (Å²) in [5.41, 5.74) is 1.90. The lowest BCUT2D eigenvalue weighted by Crippen LogP contribution is -2.05. The van der Waals surface area contributed by atoms with Crippen LogP contribution in [-0.2, 0) is 12.8 Å². The largest absolute Gasteiger partial charge is 0.490 e. The van der Waals surface area contributed by atoms with Crippen LogP contribution < -0.4 is 4.74 Å². The van der Waals surface area contributed by atoms with Crippen LogP contribution in [0.25, 0.3) is 0 Å². The van der Waals surface area contributed by atoms with Gasteiger partial charge in [-0.1, -0.05) is 18.2 Å². The summed E-state index contributed by atoms with van der Waals surface area (Å²) in [7, 11) is 0. The van der Waals surface area contributed by atoms with E-state index in [-0.39, 0.29) is 18.1 Å². The van der Waals surface area contributed by atoms with Crippen LogP contribution in [0.4, 0.5) is 8.78 Å². The molecule has 0 bridgehead atoms. The van der Waals surface area contributed by atoms with Crippen LogP contribution in [0.2, 0.25) is 0 Å². The van der Waals surface area contributed by atoms with Gasteiger partial charge in [0.1, 0.15) is 11.9 Å². The first-order valence-electron chi connectivity index (χ1n) is 6.95. The van der Waals surface area contributed by atoms with Gasteiger partial charge >= 0.3 is 0 Å². The quantitative estimate of drug-likeness (QED) is 0.936. The molecular weight excluding hydrogens is 274 g/mol. The molecule has 0 saturated heterocycles. The van der Waals surface area contributed by atoms with Crippen LogP contribution >= 0.6 is 0 Å². The second kappa shape index (κ2) is 5.45. The summed E-state index contributed by atoms with van der Waals surface area (Å²) in [6.45, 7) is 1.98. The highest BCUT2D eigenvalue weighted by atomic mass is 19.2. The van der Waals surface area contributed by atoms with Gasteiger partial charge in [0.2, 0.25) is 0 Å². The molecule has 0 spiro atoms. The maximum Gasteiger partial charge on any atom is 0.162 e. The van der Waals surface area contributed by atoms with E-state index in [0.717, 1.165) is 23.8 Å². The Morgan fingerprint density at radius 3 is 2.90 bits per heavy atom. The number of ether oxygens (including phenoxy) is 1. The van der Waals surface area contributed by atoms with E-state index in [9.17, 15) is 13.9 Å². The van der Waals surface area contributed by atoms with E-state index in [1.165, 1.54) is 12.1 Å². The summed E-state index contributed by atoms with van der Waals surface area (Å²) in [4.78, 5) is 0. The zero-order valence-corrected chi connectivity index (χ0v) is 11.6. The molecule has 2 nitrogen and oxygen atoms in total. The van der Waals surface area contributed by atoms with Gasteiger partial charge in [-0.2, -0.15) is 0 Å². The molecule has 21 heavy (non-hydrogen) atoms. The van der Waals surface area contributed by atoms with E-state index < -0.39 is 17.7 Å². The van der Waals surface area contributed by atoms with Crippen LogP contribution in [0.1, 0.15) is 29.7 Å². The molecule has 0 fully saturated rings. The lowest BCUT2D eigenvalue weighted by Gasteiger charge is -2.13. The maximum atomic E-state index is 13.6. The fourth-order valence-electron chi connectivity index (χ4n) is 2.68. The molecule has 1 aliphatic heterocycles. The van der Waals surface area contributed by atoms with Crippen LogP contribution in [0.15, 0.2) is 36.4 Å². The molecule has 2 atom stereocenters. The van der Waals surface area contributed by atoms with Gasteiger partial charge in [-0.05, 0) is 41.8 Å². The standard InChI is InChI=1S/C17H16F2O2/c1-10-7-13-8-11(5-6-16(13)21-10)15(20)9-12-3-2-4-14(18)17(12)19/h2-6,8,10,15,20H,7,9H2,1H3. The Morgan fingerprint density at radius 1 is 1.29 bits per heavy atom. The molecule has 4 heteroatoms. The highest BCUT2D eigenvalue weighted by molar-refractivity contribution is 5.41. The number of aliphatic hydroxyl groups excluding tert-OH is 1. The molecule has 0 amide bonds. The molecule has 1 heterocycles.